The number of benzene rings is 1. The molecule has 0 saturated carbocycles. The van der Waals surface area contributed by atoms with E-state index in [0.29, 0.717) is 4.88 Å². The number of nitrogens with one attached hydrogen (secondary N) is 1. The Morgan fingerprint density at radius 2 is 2.12 bits per heavy atom. The molecule has 0 fully saturated rings. The van der Waals surface area contributed by atoms with Crippen LogP contribution in [0.1, 0.15) is 32.6 Å². The summed E-state index contributed by atoms with van der Waals surface area (Å²) in [6, 6.07) is 11.4. The number of hydrogen-bond donors (Lipinski definition) is 1. The Hall–Kier alpha value is -2.93. The minimum absolute atomic E-state index is 0.0156. The number of hydrogen-bond acceptors (Lipinski definition) is 5. The molecule has 1 aliphatic heterocycles. The summed E-state index contributed by atoms with van der Waals surface area (Å²) >= 11 is 1.32. The molecule has 1 aromatic carbocycles. The number of rotatable bonds is 3. The van der Waals surface area contributed by atoms with Crippen LogP contribution in [0.4, 0.5) is 11.7 Å². The second-order valence-electron chi connectivity index (χ2n) is 5.83. The smallest absolute Gasteiger partial charge is 0.302 e. The lowest BCUT2D eigenvalue weighted by Crippen LogP contribution is -2.35. The normalized spacial score (nSPS) is 15.9. The van der Waals surface area contributed by atoms with Crippen LogP contribution in [-0.4, -0.2) is 22.8 Å². The first-order valence-electron chi connectivity index (χ1n) is 7.85. The fraction of sp³-hybridized carbons (Fsp3) is 0.167. The van der Waals surface area contributed by atoms with Gasteiger partial charge in [-0.15, -0.1) is 11.3 Å². The van der Waals surface area contributed by atoms with Crippen molar-refractivity contribution in [2.24, 2.45) is 0 Å². The standard InChI is InChI=1S/C18H15N3O3S/c1-11-9-12-5-2-3-6-14(12)21(11)17(23)13-10-24-18(19-13)20-16(22)15-7-4-8-25-15/h2-8,10-11H,9H2,1H3,(H,19,20,22). The van der Waals surface area contributed by atoms with Gasteiger partial charge in [0.05, 0.1) is 4.88 Å². The highest BCUT2D eigenvalue weighted by molar-refractivity contribution is 7.12. The quantitative estimate of drug-likeness (QED) is 0.781. The summed E-state index contributed by atoms with van der Waals surface area (Å²) < 4.78 is 5.25. The molecular weight excluding hydrogens is 338 g/mol. The summed E-state index contributed by atoms with van der Waals surface area (Å²) in [5.74, 6) is -0.548. The molecule has 3 aromatic rings. The highest BCUT2D eigenvalue weighted by Crippen LogP contribution is 2.33. The average Bonchev–Trinajstić information content (AvgIpc) is 3.33. The van der Waals surface area contributed by atoms with E-state index >= 15 is 0 Å². The Kier molecular flexibility index (Phi) is 3.85. The summed E-state index contributed by atoms with van der Waals surface area (Å²) in [5.41, 5.74) is 2.20. The van der Waals surface area contributed by atoms with E-state index in [9.17, 15) is 9.59 Å². The van der Waals surface area contributed by atoms with E-state index in [4.69, 9.17) is 4.42 Å². The van der Waals surface area contributed by atoms with E-state index in [2.05, 4.69) is 10.3 Å². The van der Waals surface area contributed by atoms with Crippen LogP contribution in [-0.2, 0) is 6.42 Å². The SMILES string of the molecule is CC1Cc2ccccc2N1C(=O)c1coc(NC(=O)c2cccs2)n1. The number of oxazole rings is 1. The molecule has 0 aliphatic carbocycles. The summed E-state index contributed by atoms with van der Waals surface area (Å²) in [5, 5.41) is 4.37. The largest absolute Gasteiger partial charge is 0.431 e. The van der Waals surface area contributed by atoms with Crippen molar-refractivity contribution in [1.82, 2.24) is 4.98 Å². The van der Waals surface area contributed by atoms with Crippen LogP contribution in [0.3, 0.4) is 0 Å². The van der Waals surface area contributed by atoms with Crippen LogP contribution in [0, 0.1) is 0 Å². The van der Waals surface area contributed by atoms with Gasteiger partial charge in [0.2, 0.25) is 0 Å². The van der Waals surface area contributed by atoms with E-state index in [1.807, 2.05) is 36.6 Å². The van der Waals surface area contributed by atoms with Gasteiger partial charge in [0.15, 0.2) is 5.69 Å². The van der Waals surface area contributed by atoms with Gasteiger partial charge in [0.1, 0.15) is 6.26 Å². The molecule has 1 unspecified atom stereocenters. The lowest BCUT2D eigenvalue weighted by molar-refractivity contribution is 0.0974. The van der Waals surface area contributed by atoms with Crippen molar-refractivity contribution < 1.29 is 14.0 Å². The minimum atomic E-state index is -0.310. The zero-order chi connectivity index (χ0) is 17.4. The van der Waals surface area contributed by atoms with Crippen LogP contribution in [0.25, 0.3) is 0 Å². The van der Waals surface area contributed by atoms with Crippen molar-refractivity contribution in [2.75, 3.05) is 10.2 Å². The van der Waals surface area contributed by atoms with Gasteiger partial charge in [-0.3, -0.25) is 14.9 Å². The van der Waals surface area contributed by atoms with E-state index in [1.54, 1.807) is 17.0 Å². The first kappa shape index (κ1) is 15.6. The molecule has 0 spiro atoms. The Bertz CT molecular complexity index is 933. The number of carbonyl (C=O) groups is 2. The van der Waals surface area contributed by atoms with Gasteiger partial charge >= 0.3 is 6.01 Å². The van der Waals surface area contributed by atoms with Crippen LogP contribution in [0.15, 0.2) is 52.5 Å². The highest BCUT2D eigenvalue weighted by Gasteiger charge is 2.32. The molecule has 7 heteroatoms. The van der Waals surface area contributed by atoms with Gasteiger partial charge < -0.3 is 9.32 Å². The topological polar surface area (TPSA) is 75.4 Å². The van der Waals surface area contributed by atoms with Crippen LogP contribution >= 0.6 is 11.3 Å². The van der Waals surface area contributed by atoms with Crippen molar-refractivity contribution in [3.05, 3.63) is 64.2 Å². The molecule has 2 amide bonds. The zero-order valence-corrected chi connectivity index (χ0v) is 14.2. The first-order chi connectivity index (χ1) is 12.1. The summed E-state index contributed by atoms with van der Waals surface area (Å²) in [4.78, 5) is 31.3. The summed E-state index contributed by atoms with van der Waals surface area (Å²) in [6.07, 6.45) is 2.09. The van der Waals surface area contributed by atoms with Gasteiger partial charge in [-0.2, -0.15) is 4.98 Å². The molecule has 0 radical (unpaired) electrons. The minimum Gasteiger partial charge on any atom is -0.431 e. The fourth-order valence-corrected chi connectivity index (χ4v) is 3.61. The van der Waals surface area contributed by atoms with Crippen molar-refractivity contribution in [1.29, 1.82) is 0 Å². The maximum absolute atomic E-state index is 12.8. The van der Waals surface area contributed by atoms with Crippen molar-refractivity contribution >= 4 is 34.9 Å². The monoisotopic (exact) mass is 353 g/mol. The molecule has 126 valence electrons. The fourth-order valence-electron chi connectivity index (χ4n) is 2.99. The van der Waals surface area contributed by atoms with Gasteiger partial charge in [0, 0.05) is 11.7 Å². The molecule has 1 atom stereocenters. The number of nitrogens with zero attached hydrogens (tertiary/aromatic N) is 2. The Labute approximate surface area is 148 Å². The third kappa shape index (κ3) is 2.83. The number of carbonyl (C=O) groups excluding carboxylic acids is 2. The number of fused-ring (bicyclic) bond motifs is 1. The van der Waals surface area contributed by atoms with Crippen molar-refractivity contribution in [3.63, 3.8) is 0 Å². The van der Waals surface area contributed by atoms with Gasteiger partial charge in [-0.1, -0.05) is 24.3 Å². The molecule has 0 bridgehead atoms. The number of amides is 2. The highest BCUT2D eigenvalue weighted by atomic mass is 32.1. The van der Waals surface area contributed by atoms with Gasteiger partial charge in [-0.25, -0.2) is 0 Å². The second-order valence-corrected chi connectivity index (χ2v) is 6.77. The Morgan fingerprint density at radius 1 is 1.28 bits per heavy atom. The van der Waals surface area contributed by atoms with E-state index in [0.717, 1.165) is 17.7 Å². The predicted molar refractivity (Wildman–Crippen MR) is 95.2 cm³/mol. The predicted octanol–water partition coefficient (Wildman–Crippen LogP) is 3.58. The van der Waals surface area contributed by atoms with Crippen LogP contribution in [0.5, 0.6) is 0 Å². The van der Waals surface area contributed by atoms with Gasteiger partial charge in [0.25, 0.3) is 11.8 Å². The average molecular weight is 353 g/mol. The number of para-hydroxylation sites is 1. The molecule has 1 aliphatic rings. The Morgan fingerprint density at radius 3 is 2.92 bits per heavy atom. The van der Waals surface area contributed by atoms with Crippen LogP contribution in [0.2, 0.25) is 0 Å². The van der Waals surface area contributed by atoms with E-state index in [1.165, 1.54) is 17.6 Å². The summed E-state index contributed by atoms with van der Waals surface area (Å²) in [7, 11) is 0. The van der Waals surface area contributed by atoms with Crippen molar-refractivity contribution in [2.45, 2.75) is 19.4 Å². The molecule has 1 N–H and O–H groups in total. The zero-order valence-electron chi connectivity index (χ0n) is 13.4. The molecule has 6 nitrogen and oxygen atoms in total. The third-order valence-electron chi connectivity index (χ3n) is 4.11. The third-order valence-corrected chi connectivity index (χ3v) is 4.98. The van der Waals surface area contributed by atoms with Gasteiger partial charge in [-0.05, 0) is 36.4 Å². The maximum Gasteiger partial charge on any atom is 0.302 e. The number of thiophene rings is 1. The molecular formula is C18H15N3O3S. The molecule has 2 aromatic heterocycles. The molecule has 0 saturated heterocycles. The van der Waals surface area contributed by atoms with E-state index < -0.39 is 0 Å². The van der Waals surface area contributed by atoms with Crippen LogP contribution < -0.4 is 10.2 Å². The molecule has 4 rings (SSSR count). The second kappa shape index (κ2) is 6.18. The Balaban J connectivity index is 1.54. The number of anilines is 2. The van der Waals surface area contributed by atoms with E-state index in [-0.39, 0.29) is 29.6 Å². The molecule has 25 heavy (non-hydrogen) atoms. The maximum atomic E-state index is 12.8. The first-order valence-corrected chi connectivity index (χ1v) is 8.73. The van der Waals surface area contributed by atoms with Crippen molar-refractivity contribution in [3.8, 4) is 0 Å². The summed E-state index contributed by atoms with van der Waals surface area (Å²) in [6.45, 7) is 2.00. The lowest BCUT2D eigenvalue weighted by Gasteiger charge is -2.21. The lowest BCUT2D eigenvalue weighted by atomic mass is 10.1. The number of aromatic nitrogens is 1. The molecule has 3 heterocycles.